The minimum atomic E-state index is -0.340. The van der Waals surface area contributed by atoms with Crippen molar-refractivity contribution in [2.75, 3.05) is 7.05 Å². The van der Waals surface area contributed by atoms with Crippen molar-refractivity contribution in [2.45, 2.75) is 44.3 Å². The third-order valence-electron chi connectivity index (χ3n) is 4.73. The lowest BCUT2D eigenvalue weighted by molar-refractivity contribution is -0.129. The molecule has 5 nitrogen and oxygen atoms in total. The fraction of sp³-hybridized carbons (Fsp3) is 0.318. The van der Waals surface area contributed by atoms with Crippen LogP contribution in [-0.2, 0) is 17.9 Å². The van der Waals surface area contributed by atoms with Gasteiger partial charge in [0, 0.05) is 25.7 Å². The zero-order chi connectivity index (χ0) is 21.0. The Bertz CT molecular complexity index is 1000. The smallest absolute Gasteiger partial charge is 0.235 e. The molecule has 3 rings (SSSR count). The number of hydrogen-bond acceptors (Lipinski definition) is 4. The first kappa shape index (κ1) is 21.0. The van der Waals surface area contributed by atoms with Gasteiger partial charge in [-0.05, 0) is 44.0 Å². The van der Waals surface area contributed by atoms with E-state index in [1.807, 2.05) is 55.7 Å². The van der Waals surface area contributed by atoms with Crippen molar-refractivity contribution < 1.29 is 9.18 Å². The van der Waals surface area contributed by atoms with E-state index in [1.165, 1.54) is 23.9 Å². The molecular formula is C22H25FN4OS. The molecule has 0 saturated heterocycles. The highest BCUT2D eigenvalue weighted by molar-refractivity contribution is 8.00. The van der Waals surface area contributed by atoms with Gasteiger partial charge in [0.1, 0.15) is 5.82 Å². The van der Waals surface area contributed by atoms with Crippen LogP contribution in [0.5, 0.6) is 0 Å². The molecule has 1 atom stereocenters. The van der Waals surface area contributed by atoms with Crippen molar-refractivity contribution in [1.82, 2.24) is 19.7 Å². The Morgan fingerprint density at radius 3 is 2.66 bits per heavy atom. The Hall–Kier alpha value is -2.67. The van der Waals surface area contributed by atoms with Crippen molar-refractivity contribution in [2.24, 2.45) is 0 Å². The van der Waals surface area contributed by atoms with Crippen LogP contribution in [0.25, 0.3) is 11.4 Å². The summed E-state index contributed by atoms with van der Waals surface area (Å²) >= 11 is 1.39. The predicted octanol–water partition coefficient (Wildman–Crippen LogP) is 4.55. The SMILES string of the molecule is CCn1c(SC(C)C(=O)N(C)Cc2cccc(F)c2)nnc1-c1ccccc1C. The van der Waals surface area contributed by atoms with Crippen LogP contribution >= 0.6 is 11.8 Å². The summed E-state index contributed by atoms with van der Waals surface area (Å²) in [6, 6.07) is 14.4. The number of halogens is 1. The summed E-state index contributed by atoms with van der Waals surface area (Å²) in [5.74, 6) is 0.466. The van der Waals surface area contributed by atoms with Crippen LogP contribution in [0, 0.1) is 12.7 Å². The largest absolute Gasteiger partial charge is 0.340 e. The first-order valence-corrected chi connectivity index (χ1v) is 10.4. The number of amides is 1. The molecular weight excluding hydrogens is 387 g/mol. The predicted molar refractivity (Wildman–Crippen MR) is 114 cm³/mol. The van der Waals surface area contributed by atoms with Crippen LogP contribution in [0.4, 0.5) is 4.39 Å². The van der Waals surface area contributed by atoms with Crippen LogP contribution in [0.15, 0.2) is 53.7 Å². The number of thioether (sulfide) groups is 1. The highest BCUT2D eigenvalue weighted by atomic mass is 32.2. The highest BCUT2D eigenvalue weighted by Gasteiger charge is 2.23. The normalized spacial score (nSPS) is 12.0. The summed E-state index contributed by atoms with van der Waals surface area (Å²) in [5, 5.41) is 9.09. The van der Waals surface area contributed by atoms with E-state index in [-0.39, 0.29) is 17.0 Å². The molecule has 0 spiro atoms. The highest BCUT2D eigenvalue weighted by Crippen LogP contribution is 2.29. The minimum Gasteiger partial charge on any atom is -0.340 e. The number of aryl methyl sites for hydroxylation is 1. The molecule has 0 N–H and O–H groups in total. The van der Waals surface area contributed by atoms with Crippen LogP contribution in [0.2, 0.25) is 0 Å². The lowest BCUT2D eigenvalue weighted by atomic mass is 10.1. The van der Waals surface area contributed by atoms with Gasteiger partial charge in [0.15, 0.2) is 11.0 Å². The van der Waals surface area contributed by atoms with Gasteiger partial charge in [-0.3, -0.25) is 4.79 Å². The molecule has 3 aromatic rings. The Labute approximate surface area is 175 Å². The molecule has 0 radical (unpaired) electrons. The Morgan fingerprint density at radius 1 is 1.21 bits per heavy atom. The van der Waals surface area contributed by atoms with Gasteiger partial charge in [-0.2, -0.15) is 0 Å². The number of nitrogens with zero attached hydrogens (tertiary/aromatic N) is 4. The summed E-state index contributed by atoms with van der Waals surface area (Å²) in [5.41, 5.74) is 2.93. The molecule has 1 heterocycles. The van der Waals surface area contributed by atoms with Gasteiger partial charge in [0.2, 0.25) is 5.91 Å². The Kier molecular flexibility index (Phi) is 6.69. The third kappa shape index (κ3) is 4.85. The molecule has 7 heteroatoms. The Morgan fingerprint density at radius 2 is 1.97 bits per heavy atom. The molecule has 29 heavy (non-hydrogen) atoms. The van der Waals surface area contributed by atoms with Gasteiger partial charge in [0.05, 0.1) is 5.25 Å². The van der Waals surface area contributed by atoms with Gasteiger partial charge in [-0.1, -0.05) is 48.2 Å². The maximum atomic E-state index is 13.4. The summed E-state index contributed by atoms with van der Waals surface area (Å²) in [7, 11) is 1.73. The number of aromatic nitrogens is 3. The molecule has 0 aliphatic carbocycles. The second-order valence-electron chi connectivity index (χ2n) is 6.95. The molecule has 1 unspecified atom stereocenters. The number of rotatable bonds is 7. The van der Waals surface area contributed by atoms with E-state index in [9.17, 15) is 9.18 Å². The number of carbonyl (C=O) groups is 1. The standard InChI is InChI=1S/C22H25FN4OS/c1-5-27-20(19-12-7-6-9-15(19)2)24-25-22(27)29-16(3)21(28)26(4)14-17-10-8-11-18(23)13-17/h6-13,16H,5,14H2,1-4H3. The van der Waals surface area contributed by atoms with Gasteiger partial charge < -0.3 is 9.47 Å². The molecule has 0 bridgehead atoms. The lowest BCUT2D eigenvalue weighted by Crippen LogP contribution is -2.33. The van der Waals surface area contributed by atoms with E-state index < -0.39 is 0 Å². The molecule has 0 aliphatic heterocycles. The molecule has 0 aliphatic rings. The van der Waals surface area contributed by atoms with Crippen molar-refractivity contribution in [3.63, 3.8) is 0 Å². The fourth-order valence-electron chi connectivity index (χ4n) is 3.19. The fourth-order valence-corrected chi connectivity index (χ4v) is 4.22. The van der Waals surface area contributed by atoms with Gasteiger partial charge in [-0.15, -0.1) is 10.2 Å². The quantitative estimate of drug-likeness (QED) is 0.534. The maximum Gasteiger partial charge on any atom is 0.235 e. The summed E-state index contributed by atoms with van der Waals surface area (Å²) in [6.45, 7) is 7.01. The molecule has 0 fully saturated rings. The van der Waals surface area contributed by atoms with Gasteiger partial charge >= 0.3 is 0 Å². The third-order valence-corrected chi connectivity index (χ3v) is 5.80. The maximum absolute atomic E-state index is 13.4. The molecule has 1 amide bonds. The monoisotopic (exact) mass is 412 g/mol. The lowest BCUT2D eigenvalue weighted by Gasteiger charge is -2.21. The first-order chi connectivity index (χ1) is 13.9. The second-order valence-corrected chi connectivity index (χ2v) is 8.26. The average molecular weight is 413 g/mol. The van der Waals surface area contributed by atoms with Gasteiger partial charge in [-0.25, -0.2) is 4.39 Å². The zero-order valence-electron chi connectivity index (χ0n) is 17.1. The molecule has 1 aromatic heterocycles. The topological polar surface area (TPSA) is 51.0 Å². The van der Waals surface area contributed by atoms with Crippen LogP contribution in [0.3, 0.4) is 0 Å². The van der Waals surface area contributed by atoms with E-state index in [4.69, 9.17) is 0 Å². The summed E-state index contributed by atoms with van der Waals surface area (Å²) in [4.78, 5) is 14.4. The van der Waals surface area contributed by atoms with E-state index in [2.05, 4.69) is 10.2 Å². The second kappa shape index (κ2) is 9.22. The minimum absolute atomic E-state index is 0.0395. The first-order valence-electron chi connectivity index (χ1n) is 9.56. The Balaban J connectivity index is 1.74. The van der Waals surface area contributed by atoms with Gasteiger partial charge in [0.25, 0.3) is 0 Å². The average Bonchev–Trinajstić information content (AvgIpc) is 3.09. The van der Waals surface area contributed by atoms with Crippen molar-refractivity contribution >= 4 is 17.7 Å². The zero-order valence-corrected chi connectivity index (χ0v) is 17.9. The van der Waals surface area contributed by atoms with Crippen molar-refractivity contribution in [3.8, 4) is 11.4 Å². The van der Waals surface area contributed by atoms with E-state index in [1.54, 1.807) is 18.0 Å². The van der Waals surface area contributed by atoms with Crippen molar-refractivity contribution in [3.05, 3.63) is 65.5 Å². The van der Waals surface area contributed by atoms with E-state index in [0.29, 0.717) is 18.2 Å². The van der Waals surface area contributed by atoms with Crippen LogP contribution < -0.4 is 0 Å². The summed E-state index contributed by atoms with van der Waals surface area (Å²) < 4.78 is 15.4. The number of carbonyl (C=O) groups excluding carboxylic acids is 1. The van der Waals surface area contributed by atoms with E-state index >= 15 is 0 Å². The van der Waals surface area contributed by atoms with Crippen molar-refractivity contribution in [1.29, 1.82) is 0 Å². The molecule has 0 saturated carbocycles. The summed E-state index contributed by atoms with van der Waals surface area (Å²) in [6.07, 6.45) is 0. The van der Waals surface area contributed by atoms with E-state index in [0.717, 1.165) is 22.5 Å². The number of benzene rings is 2. The molecule has 2 aromatic carbocycles. The van der Waals surface area contributed by atoms with Crippen LogP contribution in [-0.4, -0.2) is 37.9 Å². The van der Waals surface area contributed by atoms with Crippen LogP contribution in [0.1, 0.15) is 25.0 Å². The number of hydrogen-bond donors (Lipinski definition) is 0. The molecule has 152 valence electrons.